The van der Waals surface area contributed by atoms with Crippen molar-refractivity contribution in [2.45, 2.75) is 0 Å². The molecule has 0 aromatic carbocycles. The Morgan fingerprint density at radius 3 is 0.974 bits per heavy atom. The Kier molecular flexibility index (Phi) is 7.13. The van der Waals surface area contributed by atoms with Crippen LogP contribution >= 0.6 is 0 Å². The van der Waals surface area contributed by atoms with Gasteiger partial charge in [-0.25, -0.2) is 19.9 Å². The van der Waals surface area contributed by atoms with Gasteiger partial charge in [0.15, 0.2) is 0 Å². The number of fused-ring (bicyclic) bond motifs is 8. The van der Waals surface area contributed by atoms with Crippen molar-refractivity contribution in [1.29, 1.82) is 0 Å². The lowest BCUT2D eigenvalue weighted by molar-refractivity contribution is 0.948. The topological polar surface area (TPSA) is 64.5 Å². The van der Waals surface area contributed by atoms with Crippen LogP contribution in [0.3, 0.4) is 0 Å². The number of pyridine rings is 4. The van der Waals surface area contributed by atoms with Crippen molar-refractivity contribution >= 4 is 46.5 Å². The highest BCUT2D eigenvalue weighted by Crippen LogP contribution is 2.32. The molecule has 0 saturated heterocycles. The molecule has 38 heavy (non-hydrogen) atoms. The number of rotatable bonds is 6. The molecule has 8 nitrogen and oxygen atoms in total. The lowest BCUT2D eigenvalue weighted by Gasteiger charge is -2.28. The number of aromatic nitrogens is 4. The summed E-state index contributed by atoms with van der Waals surface area (Å²) in [5.41, 5.74) is 0. The van der Waals surface area contributed by atoms with Gasteiger partial charge in [0.1, 0.15) is 46.5 Å². The fourth-order valence-corrected chi connectivity index (χ4v) is 4.34. The minimum Gasteiger partial charge on any atom is -0.314 e. The molecule has 8 bridgehead atoms. The quantitative estimate of drug-likeness (QED) is 0.284. The monoisotopic (exact) mass is 502 g/mol. The molecule has 0 fully saturated rings. The maximum atomic E-state index is 5.03. The zero-order chi connectivity index (χ0) is 26.5. The van der Waals surface area contributed by atoms with Gasteiger partial charge < -0.3 is 19.6 Å². The summed E-state index contributed by atoms with van der Waals surface area (Å²) in [6.07, 6.45) is 5.53. The fraction of sp³-hybridized carbons (Fsp3) is 0.133. The third-order valence-corrected chi connectivity index (χ3v) is 6.16. The Hall–Kier alpha value is -4.98. The standard InChI is InChI=1S/C30H30N8/c1-5-20-36-25-14-8-12-23(31-25)35(4)24-13-9-15-26(32-24)37(21-6-2)28-17-11-19-30(34-28)38(22-7-3)29-18-10-16-27(36)33-29/h5-19H,1-3,20-22H2,4H3. The fourth-order valence-electron chi connectivity index (χ4n) is 4.34. The number of hydrogen-bond acceptors (Lipinski definition) is 8. The minimum atomic E-state index is 0.530. The highest BCUT2D eigenvalue weighted by Gasteiger charge is 2.20. The molecule has 0 unspecified atom stereocenters. The van der Waals surface area contributed by atoms with Gasteiger partial charge in [0.05, 0.1) is 0 Å². The molecule has 4 aromatic heterocycles. The van der Waals surface area contributed by atoms with E-state index in [9.17, 15) is 0 Å². The van der Waals surface area contributed by atoms with E-state index in [0.717, 1.165) is 46.5 Å². The van der Waals surface area contributed by atoms with Gasteiger partial charge in [-0.2, -0.15) is 0 Å². The summed E-state index contributed by atoms with van der Waals surface area (Å²) in [6, 6.07) is 23.7. The van der Waals surface area contributed by atoms with E-state index >= 15 is 0 Å². The summed E-state index contributed by atoms with van der Waals surface area (Å²) < 4.78 is 0. The molecule has 0 spiro atoms. The Bertz CT molecular complexity index is 1360. The van der Waals surface area contributed by atoms with Crippen LogP contribution in [0.2, 0.25) is 0 Å². The van der Waals surface area contributed by atoms with Gasteiger partial charge in [-0.15, -0.1) is 19.7 Å². The maximum Gasteiger partial charge on any atom is 0.136 e. The van der Waals surface area contributed by atoms with Gasteiger partial charge in [0, 0.05) is 26.7 Å². The first-order valence-electron chi connectivity index (χ1n) is 12.4. The van der Waals surface area contributed by atoms with Crippen LogP contribution in [-0.4, -0.2) is 46.6 Å². The minimum absolute atomic E-state index is 0.530. The first kappa shape index (κ1) is 24.7. The average Bonchev–Trinajstić information content (AvgIpc) is 2.97. The van der Waals surface area contributed by atoms with Crippen molar-refractivity contribution in [3.63, 3.8) is 0 Å². The lowest BCUT2D eigenvalue weighted by atomic mass is 10.3. The molecular weight excluding hydrogens is 472 g/mol. The van der Waals surface area contributed by atoms with Crippen molar-refractivity contribution in [2.75, 3.05) is 46.3 Å². The summed E-state index contributed by atoms with van der Waals surface area (Å²) in [5.74, 6) is 6.02. The van der Waals surface area contributed by atoms with Crippen LogP contribution in [0.5, 0.6) is 0 Å². The number of hydrogen-bond donors (Lipinski definition) is 0. The van der Waals surface area contributed by atoms with Crippen molar-refractivity contribution < 1.29 is 0 Å². The summed E-state index contributed by atoms with van der Waals surface area (Å²) >= 11 is 0. The predicted molar refractivity (Wildman–Crippen MR) is 157 cm³/mol. The highest BCUT2D eigenvalue weighted by atomic mass is 15.3. The van der Waals surface area contributed by atoms with E-state index in [1.165, 1.54) is 0 Å². The van der Waals surface area contributed by atoms with E-state index in [0.29, 0.717) is 19.6 Å². The van der Waals surface area contributed by atoms with E-state index in [2.05, 4.69) is 19.7 Å². The molecule has 4 aromatic rings. The molecule has 1 aliphatic heterocycles. The first-order valence-corrected chi connectivity index (χ1v) is 12.4. The third-order valence-electron chi connectivity index (χ3n) is 6.16. The molecule has 5 heterocycles. The lowest BCUT2D eigenvalue weighted by Crippen LogP contribution is -2.25. The number of nitrogens with zero attached hydrogens (tertiary/aromatic N) is 8. The van der Waals surface area contributed by atoms with Crippen LogP contribution in [0, 0.1) is 0 Å². The summed E-state index contributed by atoms with van der Waals surface area (Å²) in [4.78, 5) is 28.1. The Labute approximate surface area is 223 Å². The normalized spacial score (nSPS) is 12.8. The van der Waals surface area contributed by atoms with E-state index in [4.69, 9.17) is 19.9 Å². The van der Waals surface area contributed by atoms with Gasteiger partial charge in [0.2, 0.25) is 0 Å². The van der Waals surface area contributed by atoms with Crippen LogP contribution < -0.4 is 19.6 Å². The summed E-state index contributed by atoms with van der Waals surface area (Å²) in [6.45, 7) is 13.5. The Morgan fingerprint density at radius 2 is 0.711 bits per heavy atom. The molecule has 0 N–H and O–H groups in total. The van der Waals surface area contributed by atoms with Gasteiger partial charge >= 0.3 is 0 Å². The maximum absolute atomic E-state index is 5.03. The van der Waals surface area contributed by atoms with E-state index in [-0.39, 0.29) is 0 Å². The molecule has 0 aliphatic carbocycles. The molecule has 0 atom stereocenters. The van der Waals surface area contributed by atoms with E-state index in [1.54, 1.807) is 0 Å². The summed E-state index contributed by atoms with van der Waals surface area (Å²) in [5, 5.41) is 0. The Balaban J connectivity index is 1.77. The second kappa shape index (κ2) is 11.0. The molecule has 8 heteroatoms. The third kappa shape index (κ3) is 4.84. The van der Waals surface area contributed by atoms with Crippen LogP contribution in [0.4, 0.5) is 46.5 Å². The zero-order valence-corrected chi connectivity index (χ0v) is 21.5. The second-order valence-corrected chi connectivity index (χ2v) is 8.67. The molecule has 0 radical (unpaired) electrons. The van der Waals surface area contributed by atoms with Gasteiger partial charge in [-0.05, 0) is 48.5 Å². The first-order chi connectivity index (χ1) is 18.6. The van der Waals surface area contributed by atoms with Crippen LogP contribution in [0.1, 0.15) is 0 Å². The number of anilines is 8. The van der Waals surface area contributed by atoms with E-state index in [1.807, 2.05) is 118 Å². The summed E-state index contributed by atoms with van der Waals surface area (Å²) in [7, 11) is 1.96. The van der Waals surface area contributed by atoms with Gasteiger partial charge in [0.25, 0.3) is 0 Å². The smallest absolute Gasteiger partial charge is 0.136 e. The molecule has 190 valence electrons. The molecule has 0 saturated carbocycles. The van der Waals surface area contributed by atoms with Crippen molar-refractivity contribution in [1.82, 2.24) is 19.9 Å². The highest BCUT2D eigenvalue weighted by molar-refractivity contribution is 5.68. The molecular formula is C30H30N8. The SMILES string of the molecule is C=CCN1c2cccc(n2)N(C)c2cccc(n2)N(CC=C)c2cccc(n2)N(CC=C)c2cccc1n2. The largest absolute Gasteiger partial charge is 0.314 e. The van der Waals surface area contributed by atoms with Crippen LogP contribution in [0.15, 0.2) is 111 Å². The average molecular weight is 503 g/mol. The van der Waals surface area contributed by atoms with Gasteiger partial charge in [-0.1, -0.05) is 42.5 Å². The van der Waals surface area contributed by atoms with Crippen molar-refractivity contribution in [3.8, 4) is 0 Å². The molecule has 1 aliphatic rings. The zero-order valence-electron chi connectivity index (χ0n) is 21.5. The van der Waals surface area contributed by atoms with Crippen molar-refractivity contribution in [3.05, 3.63) is 111 Å². The van der Waals surface area contributed by atoms with Crippen LogP contribution in [-0.2, 0) is 0 Å². The molecule has 0 amide bonds. The second-order valence-electron chi connectivity index (χ2n) is 8.67. The predicted octanol–water partition coefficient (Wildman–Crippen LogP) is 6.32. The molecule has 5 rings (SSSR count). The van der Waals surface area contributed by atoms with E-state index < -0.39 is 0 Å². The van der Waals surface area contributed by atoms with Crippen LogP contribution in [0.25, 0.3) is 0 Å². The van der Waals surface area contributed by atoms with Gasteiger partial charge in [-0.3, -0.25) is 0 Å². The van der Waals surface area contributed by atoms with Crippen molar-refractivity contribution in [2.24, 2.45) is 0 Å². The Morgan fingerprint density at radius 1 is 0.474 bits per heavy atom.